The smallest absolute Gasteiger partial charge is 0.336 e. The van der Waals surface area contributed by atoms with Gasteiger partial charge in [0, 0.05) is 29.0 Å². The summed E-state index contributed by atoms with van der Waals surface area (Å²) < 4.78 is 16.5. The number of esters is 1. The topological polar surface area (TPSA) is 73.9 Å². The molecular formula is C23H29NO5. The first-order valence-corrected chi connectivity index (χ1v) is 10.1. The van der Waals surface area contributed by atoms with Crippen LogP contribution in [0.3, 0.4) is 0 Å². The number of allylic oxidation sites excluding steroid dienone is 3. The van der Waals surface area contributed by atoms with Crippen LogP contribution in [-0.4, -0.2) is 32.6 Å². The van der Waals surface area contributed by atoms with Gasteiger partial charge in [-0.2, -0.15) is 0 Å². The van der Waals surface area contributed by atoms with E-state index in [2.05, 4.69) is 5.32 Å². The fourth-order valence-corrected chi connectivity index (χ4v) is 4.02. The molecule has 0 unspecified atom stereocenters. The van der Waals surface area contributed by atoms with Crippen LogP contribution in [0.4, 0.5) is 0 Å². The molecule has 0 bridgehead atoms. The molecule has 6 nitrogen and oxygen atoms in total. The highest BCUT2D eigenvalue weighted by atomic mass is 16.5. The van der Waals surface area contributed by atoms with E-state index in [1.165, 1.54) is 0 Å². The summed E-state index contributed by atoms with van der Waals surface area (Å²) in [6, 6.07) is 5.45. The Morgan fingerprint density at radius 2 is 2.00 bits per heavy atom. The molecule has 1 aromatic carbocycles. The summed E-state index contributed by atoms with van der Waals surface area (Å²) in [5, 5.41) is 3.30. The largest absolute Gasteiger partial charge is 0.497 e. The van der Waals surface area contributed by atoms with Crippen LogP contribution in [0.25, 0.3) is 0 Å². The van der Waals surface area contributed by atoms with Gasteiger partial charge in [-0.25, -0.2) is 4.79 Å². The van der Waals surface area contributed by atoms with Crippen molar-refractivity contribution in [2.24, 2.45) is 0 Å². The highest BCUT2D eigenvalue weighted by Crippen LogP contribution is 2.46. The van der Waals surface area contributed by atoms with E-state index in [1.54, 1.807) is 26.4 Å². The number of ketones is 1. The normalized spacial score (nSPS) is 18.9. The molecule has 3 rings (SSSR count). The first-order valence-electron chi connectivity index (χ1n) is 10.1. The minimum atomic E-state index is -0.543. The molecule has 0 saturated heterocycles. The number of dihydropyridines is 1. The number of nitrogens with one attached hydrogen (secondary N) is 1. The minimum Gasteiger partial charge on any atom is -0.497 e. The third-order valence-corrected chi connectivity index (χ3v) is 5.47. The number of ether oxygens (including phenoxy) is 3. The number of hydrogen-bond donors (Lipinski definition) is 1. The zero-order valence-electron chi connectivity index (χ0n) is 17.6. The molecule has 0 spiro atoms. The lowest BCUT2D eigenvalue weighted by molar-refractivity contribution is -0.139. The molecule has 0 saturated carbocycles. The van der Waals surface area contributed by atoms with Gasteiger partial charge in [-0.05, 0) is 44.4 Å². The molecule has 1 aliphatic carbocycles. The summed E-state index contributed by atoms with van der Waals surface area (Å²) in [6.45, 7) is 4.26. The number of benzene rings is 1. The van der Waals surface area contributed by atoms with Crippen LogP contribution in [0.5, 0.6) is 11.5 Å². The maximum Gasteiger partial charge on any atom is 0.336 e. The molecule has 1 aromatic rings. The number of methoxy groups -OCH3 is 2. The van der Waals surface area contributed by atoms with E-state index in [9.17, 15) is 9.59 Å². The fourth-order valence-electron chi connectivity index (χ4n) is 4.02. The van der Waals surface area contributed by atoms with Gasteiger partial charge in [-0.1, -0.05) is 13.3 Å². The lowest BCUT2D eigenvalue weighted by Gasteiger charge is -2.34. The Morgan fingerprint density at radius 1 is 1.21 bits per heavy atom. The average Bonchev–Trinajstić information content (AvgIpc) is 2.72. The van der Waals surface area contributed by atoms with E-state index in [0.29, 0.717) is 35.7 Å². The van der Waals surface area contributed by atoms with Crippen LogP contribution in [0.2, 0.25) is 0 Å². The number of hydrogen-bond acceptors (Lipinski definition) is 6. The zero-order valence-corrected chi connectivity index (χ0v) is 17.6. The number of rotatable bonds is 7. The van der Waals surface area contributed by atoms with Gasteiger partial charge in [-0.3, -0.25) is 4.79 Å². The first-order chi connectivity index (χ1) is 14.0. The Bertz CT molecular complexity index is 868. The van der Waals surface area contributed by atoms with Crippen molar-refractivity contribution in [3.05, 3.63) is 46.3 Å². The van der Waals surface area contributed by atoms with Crippen molar-refractivity contribution in [1.29, 1.82) is 0 Å². The molecule has 156 valence electrons. The summed E-state index contributed by atoms with van der Waals surface area (Å²) in [5.41, 5.74) is 3.43. The molecule has 2 aliphatic rings. The SMILES string of the molecule is CCCCOC(=O)C1=C(C)NC2=C(C(=O)CCC2)[C@@H]1c1cc(OC)ccc1OC. The van der Waals surface area contributed by atoms with Crippen LogP contribution < -0.4 is 14.8 Å². The third-order valence-electron chi connectivity index (χ3n) is 5.47. The second-order valence-electron chi connectivity index (χ2n) is 7.36. The van der Waals surface area contributed by atoms with Crippen molar-refractivity contribution >= 4 is 11.8 Å². The van der Waals surface area contributed by atoms with Crippen LogP contribution in [0.15, 0.2) is 40.7 Å². The number of carbonyl (C=O) groups is 2. The Labute approximate surface area is 171 Å². The van der Waals surface area contributed by atoms with Crippen LogP contribution >= 0.6 is 0 Å². The van der Waals surface area contributed by atoms with E-state index in [1.807, 2.05) is 19.9 Å². The molecular weight excluding hydrogens is 370 g/mol. The molecule has 6 heteroatoms. The molecule has 0 fully saturated rings. The summed E-state index contributed by atoms with van der Waals surface area (Å²) in [6.07, 6.45) is 3.78. The molecule has 1 atom stereocenters. The summed E-state index contributed by atoms with van der Waals surface area (Å²) in [4.78, 5) is 26.0. The van der Waals surface area contributed by atoms with Gasteiger partial charge >= 0.3 is 5.97 Å². The van der Waals surface area contributed by atoms with Crippen LogP contribution in [-0.2, 0) is 14.3 Å². The monoisotopic (exact) mass is 399 g/mol. The lowest BCUT2D eigenvalue weighted by Crippen LogP contribution is -2.34. The second-order valence-corrected chi connectivity index (χ2v) is 7.36. The number of unbranched alkanes of at least 4 members (excludes halogenated alkanes) is 1. The van der Waals surface area contributed by atoms with Gasteiger partial charge < -0.3 is 19.5 Å². The van der Waals surface area contributed by atoms with Gasteiger partial charge in [0.1, 0.15) is 11.5 Å². The van der Waals surface area contributed by atoms with E-state index in [0.717, 1.165) is 42.6 Å². The van der Waals surface area contributed by atoms with E-state index < -0.39 is 11.9 Å². The zero-order chi connectivity index (χ0) is 21.0. The van der Waals surface area contributed by atoms with Crippen molar-refractivity contribution in [3.63, 3.8) is 0 Å². The number of Topliss-reactive ketones (excluding diaryl/α,β-unsaturated/α-hetero) is 1. The summed E-state index contributed by atoms with van der Waals surface area (Å²) in [5.74, 6) is 0.358. The third kappa shape index (κ3) is 4.16. The molecule has 1 aliphatic heterocycles. The first kappa shape index (κ1) is 21.0. The maximum absolute atomic E-state index is 13.1. The molecule has 1 N–H and O–H groups in total. The standard InChI is InChI=1S/C23H29NO5/c1-5-6-12-29-23(26)20-14(2)24-17-8-7-9-18(25)22(17)21(20)16-13-15(27-3)10-11-19(16)28-4/h10-11,13,21,24H,5-9,12H2,1-4H3/t21-/m1/s1. The predicted molar refractivity (Wildman–Crippen MR) is 110 cm³/mol. The predicted octanol–water partition coefficient (Wildman–Crippen LogP) is 4.02. The van der Waals surface area contributed by atoms with Crippen LogP contribution in [0.1, 0.15) is 57.4 Å². The van der Waals surface area contributed by atoms with Crippen molar-refractivity contribution in [3.8, 4) is 11.5 Å². The van der Waals surface area contributed by atoms with Gasteiger partial charge in [0.25, 0.3) is 0 Å². The van der Waals surface area contributed by atoms with Gasteiger partial charge in [-0.15, -0.1) is 0 Å². The molecule has 0 amide bonds. The Hall–Kier alpha value is -2.76. The molecule has 0 aromatic heterocycles. The summed E-state index contributed by atoms with van der Waals surface area (Å²) >= 11 is 0. The Morgan fingerprint density at radius 3 is 2.69 bits per heavy atom. The van der Waals surface area contributed by atoms with Gasteiger partial charge in [0.2, 0.25) is 0 Å². The van der Waals surface area contributed by atoms with Gasteiger partial charge in [0.15, 0.2) is 5.78 Å². The highest BCUT2D eigenvalue weighted by Gasteiger charge is 2.40. The van der Waals surface area contributed by atoms with Gasteiger partial charge in [0.05, 0.1) is 32.3 Å². The number of carbonyl (C=O) groups excluding carboxylic acids is 2. The second kappa shape index (κ2) is 9.16. The average molecular weight is 399 g/mol. The fraction of sp³-hybridized carbons (Fsp3) is 0.478. The van der Waals surface area contributed by atoms with Crippen molar-refractivity contribution in [2.75, 3.05) is 20.8 Å². The van der Waals surface area contributed by atoms with E-state index in [-0.39, 0.29) is 5.78 Å². The lowest BCUT2D eigenvalue weighted by atomic mass is 9.75. The molecule has 29 heavy (non-hydrogen) atoms. The van der Waals surface area contributed by atoms with Crippen molar-refractivity contribution < 1.29 is 23.8 Å². The van der Waals surface area contributed by atoms with E-state index in [4.69, 9.17) is 14.2 Å². The maximum atomic E-state index is 13.1. The van der Waals surface area contributed by atoms with Crippen LogP contribution in [0, 0.1) is 0 Å². The quantitative estimate of drug-likeness (QED) is 0.552. The van der Waals surface area contributed by atoms with Crippen molar-refractivity contribution in [1.82, 2.24) is 5.32 Å². The molecule has 1 heterocycles. The van der Waals surface area contributed by atoms with Crippen molar-refractivity contribution in [2.45, 2.75) is 51.9 Å². The molecule has 0 radical (unpaired) electrons. The summed E-state index contributed by atoms with van der Waals surface area (Å²) in [7, 11) is 3.17. The Kier molecular flexibility index (Phi) is 6.62. The highest BCUT2D eigenvalue weighted by molar-refractivity contribution is 6.04. The minimum absolute atomic E-state index is 0.0555. The Balaban J connectivity index is 2.15. The van der Waals surface area contributed by atoms with E-state index >= 15 is 0 Å².